The molecule has 0 radical (unpaired) electrons. The highest BCUT2D eigenvalue weighted by Crippen LogP contribution is 2.27. The molecule has 0 saturated carbocycles. The van der Waals surface area contributed by atoms with Crippen LogP contribution in [0.5, 0.6) is 0 Å². The number of pyridine rings is 1. The van der Waals surface area contributed by atoms with Crippen LogP contribution in [0, 0.1) is 0 Å². The number of hydrogen-bond acceptors (Lipinski definition) is 4. The van der Waals surface area contributed by atoms with Gasteiger partial charge >= 0.3 is 5.97 Å². The Labute approximate surface area is 139 Å². The molecule has 1 aliphatic rings. The van der Waals surface area contributed by atoms with Crippen LogP contribution >= 0.6 is 11.6 Å². The predicted octanol–water partition coefficient (Wildman–Crippen LogP) is 2.95. The van der Waals surface area contributed by atoms with Gasteiger partial charge in [-0.1, -0.05) is 17.7 Å². The van der Waals surface area contributed by atoms with Gasteiger partial charge < -0.3 is 9.84 Å². The van der Waals surface area contributed by atoms with Gasteiger partial charge in [-0.05, 0) is 36.6 Å². The van der Waals surface area contributed by atoms with Gasteiger partial charge in [-0.25, -0.2) is 0 Å². The van der Waals surface area contributed by atoms with Gasteiger partial charge in [0.1, 0.15) is 0 Å². The number of aromatic nitrogens is 1. The Morgan fingerprint density at radius 2 is 2.13 bits per heavy atom. The average Bonchev–Trinajstić information content (AvgIpc) is 2.57. The average molecular weight is 335 g/mol. The lowest BCUT2D eigenvalue weighted by atomic mass is 10.0. The zero-order valence-electron chi connectivity index (χ0n) is 12.7. The van der Waals surface area contributed by atoms with E-state index < -0.39 is 5.97 Å². The molecule has 0 unspecified atom stereocenters. The molecule has 1 N–H and O–H groups in total. The zero-order chi connectivity index (χ0) is 16.2. The molecule has 5 nitrogen and oxygen atoms in total. The largest absolute Gasteiger partial charge is 0.480 e. The highest BCUT2D eigenvalue weighted by molar-refractivity contribution is 6.35. The predicted molar refractivity (Wildman–Crippen MR) is 88.6 cm³/mol. The molecule has 3 rings (SSSR count). The number of nitrogens with zero attached hydrogens (tertiary/aromatic N) is 2. The Morgan fingerprint density at radius 1 is 1.35 bits per heavy atom. The molecule has 1 fully saturated rings. The second-order valence-corrected chi connectivity index (χ2v) is 6.16. The van der Waals surface area contributed by atoms with Crippen LogP contribution in [0.1, 0.15) is 18.4 Å². The van der Waals surface area contributed by atoms with Crippen LogP contribution in [-0.4, -0.2) is 46.8 Å². The Kier molecular flexibility index (Phi) is 5.10. The van der Waals surface area contributed by atoms with Gasteiger partial charge in [0, 0.05) is 42.4 Å². The third kappa shape index (κ3) is 3.80. The Bertz CT molecular complexity index is 701. The molecular formula is C17H19ClN2O3. The van der Waals surface area contributed by atoms with Crippen molar-refractivity contribution < 1.29 is 14.6 Å². The summed E-state index contributed by atoms with van der Waals surface area (Å²) in [5.41, 5.74) is 1.83. The van der Waals surface area contributed by atoms with Crippen molar-refractivity contribution in [1.29, 1.82) is 0 Å². The number of ether oxygens (including phenoxy) is 1. The number of carboxylic acid groups (broad SMARTS) is 1. The minimum Gasteiger partial charge on any atom is -0.480 e. The van der Waals surface area contributed by atoms with Crippen molar-refractivity contribution in [2.24, 2.45) is 0 Å². The van der Waals surface area contributed by atoms with Crippen LogP contribution in [0.3, 0.4) is 0 Å². The molecule has 0 amide bonds. The summed E-state index contributed by atoms with van der Waals surface area (Å²) >= 11 is 6.23. The molecule has 1 aromatic heterocycles. The van der Waals surface area contributed by atoms with Gasteiger partial charge in [0.15, 0.2) is 0 Å². The zero-order valence-corrected chi connectivity index (χ0v) is 13.5. The molecular weight excluding hydrogens is 316 g/mol. The van der Waals surface area contributed by atoms with Crippen LogP contribution in [0.25, 0.3) is 10.9 Å². The van der Waals surface area contributed by atoms with Gasteiger partial charge in [-0.3, -0.25) is 14.7 Å². The first-order chi connectivity index (χ1) is 11.1. The van der Waals surface area contributed by atoms with Gasteiger partial charge in [0.25, 0.3) is 0 Å². The van der Waals surface area contributed by atoms with Crippen molar-refractivity contribution in [2.45, 2.75) is 25.4 Å². The van der Waals surface area contributed by atoms with E-state index >= 15 is 0 Å². The first kappa shape index (κ1) is 16.2. The molecule has 0 aliphatic carbocycles. The molecule has 122 valence electrons. The van der Waals surface area contributed by atoms with Crippen molar-refractivity contribution in [3.05, 3.63) is 41.0 Å². The second-order valence-electron chi connectivity index (χ2n) is 5.75. The van der Waals surface area contributed by atoms with Crippen LogP contribution in [0.4, 0.5) is 0 Å². The Hall–Kier alpha value is -1.69. The summed E-state index contributed by atoms with van der Waals surface area (Å²) in [6.45, 7) is 1.92. The van der Waals surface area contributed by atoms with Crippen LogP contribution in [0.2, 0.25) is 5.02 Å². The monoisotopic (exact) mass is 334 g/mol. The quantitative estimate of drug-likeness (QED) is 0.910. The summed E-state index contributed by atoms with van der Waals surface area (Å²) in [6.07, 6.45) is 3.44. The van der Waals surface area contributed by atoms with Crippen LogP contribution in [0.15, 0.2) is 30.5 Å². The number of fused-ring (bicyclic) bond motifs is 1. The summed E-state index contributed by atoms with van der Waals surface area (Å²) < 4.78 is 5.39. The van der Waals surface area contributed by atoms with Crippen molar-refractivity contribution in [3.63, 3.8) is 0 Å². The molecule has 1 aromatic carbocycles. The SMILES string of the molecule is O=C(O)CN(Cc1ccc(Cl)c2cccnc12)C1CCOCC1. The first-order valence-corrected chi connectivity index (χ1v) is 8.08. The van der Waals surface area contributed by atoms with E-state index in [4.69, 9.17) is 16.3 Å². The first-order valence-electron chi connectivity index (χ1n) is 7.71. The van der Waals surface area contributed by atoms with Crippen molar-refractivity contribution in [3.8, 4) is 0 Å². The molecule has 23 heavy (non-hydrogen) atoms. The van der Waals surface area contributed by atoms with Crippen molar-refractivity contribution >= 4 is 28.5 Å². The van der Waals surface area contributed by atoms with E-state index in [0.29, 0.717) is 24.8 Å². The number of hydrogen-bond donors (Lipinski definition) is 1. The standard InChI is InChI=1S/C17H19ClN2O3/c18-15-4-3-12(17-14(15)2-1-7-19-17)10-20(11-16(21)22)13-5-8-23-9-6-13/h1-4,7,13H,5-6,8-11H2,(H,21,22). The van der Waals surface area contributed by atoms with Gasteiger partial charge in [0.2, 0.25) is 0 Å². The molecule has 0 bridgehead atoms. The maximum Gasteiger partial charge on any atom is 0.317 e. The highest BCUT2D eigenvalue weighted by Gasteiger charge is 2.24. The Balaban J connectivity index is 1.90. The minimum atomic E-state index is -0.817. The third-order valence-corrected chi connectivity index (χ3v) is 4.55. The molecule has 6 heteroatoms. The fourth-order valence-corrected chi connectivity index (χ4v) is 3.30. The van der Waals surface area contributed by atoms with E-state index in [9.17, 15) is 9.90 Å². The summed E-state index contributed by atoms with van der Waals surface area (Å²) in [5.74, 6) is -0.817. The summed E-state index contributed by atoms with van der Waals surface area (Å²) in [4.78, 5) is 17.7. The van der Waals surface area contributed by atoms with Crippen LogP contribution in [-0.2, 0) is 16.1 Å². The van der Waals surface area contributed by atoms with E-state index in [0.717, 1.165) is 29.3 Å². The number of carbonyl (C=O) groups is 1. The summed E-state index contributed by atoms with van der Waals surface area (Å²) in [7, 11) is 0. The van der Waals surface area contributed by atoms with Crippen LogP contribution < -0.4 is 0 Å². The number of halogens is 1. The fraction of sp³-hybridized carbons (Fsp3) is 0.412. The molecule has 2 heterocycles. The summed E-state index contributed by atoms with van der Waals surface area (Å²) in [5, 5.41) is 10.8. The maximum atomic E-state index is 11.3. The van der Waals surface area contributed by atoms with E-state index in [1.807, 2.05) is 29.2 Å². The minimum absolute atomic E-state index is 0.0155. The fourth-order valence-electron chi connectivity index (χ4n) is 3.08. The number of aliphatic carboxylic acids is 1. The molecule has 2 aromatic rings. The van der Waals surface area contributed by atoms with Crippen molar-refractivity contribution in [1.82, 2.24) is 9.88 Å². The molecule has 1 aliphatic heterocycles. The molecule has 0 spiro atoms. The topological polar surface area (TPSA) is 62.7 Å². The lowest BCUT2D eigenvalue weighted by Gasteiger charge is -2.33. The van der Waals surface area contributed by atoms with Gasteiger partial charge in [0.05, 0.1) is 12.1 Å². The Morgan fingerprint density at radius 3 is 2.87 bits per heavy atom. The molecule has 1 saturated heterocycles. The number of carboxylic acids is 1. The van der Waals surface area contributed by atoms with E-state index in [1.54, 1.807) is 6.20 Å². The summed E-state index contributed by atoms with van der Waals surface area (Å²) in [6, 6.07) is 7.79. The normalized spacial score (nSPS) is 16.1. The van der Waals surface area contributed by atoms with Gasteiger partial charge in [-0.2, -0.15) is 0 Å². The lowest BCUT2D eigenvalue weighted by Crippen LogP contribution is -2.41. The van der Waals surface area contributed by atoms with Crippen molar-refractivity contribution in [2.75, 3.05) is 19.8 Å². The van der Waals surface area contributed by atoms with E-state index in [1.165, 1.54) is 0 Å². The highest BCUT2D eigenvalue weighted by atomic mass is 35.5. The smallest absolute Gasteiger partial charge is 0.317 e. The molecule has 0 atom stereocenters. The number of rotatable bonds is 5. The second kappa shape index (κ2) is 7.25. The van der Waals surface area contributed by atoms with Gasteiger partial charge in [-0.15, -0.1) is 0 Å². The van der Waals surface area contributed by atoms with E-state index in [2.05, 4.69) is 4.98 Å². The third-order valence-electron chi connectivity index (χ3n) is 4.22. The maximum absolute atomic E-state index is 11.3. The lowest BCUT2D eigenvalue weighted by molar-refractivity contribution is -0.139. The number of benzene rings is 1. The van der Waals surface area contributed by atoms with E-state index in [-0.39, 0.29) is 12.6 Å².